The van der Waals surface area contributed by atoms with Gasteiger partial charge in [-0.1, -0.05) is 42.5 Å². The lowest BCUT2D eigenvalue weighted by Gasteiger charge is -2.15. The summed E-state index contributed by atoms with van der Waals surface area (Å²) in [6.45, 7) is 1.95. The lowest BCUT2D eigenvalue weighted by Crippen LogP contribution is -2.28. The molecule has 0 aliphatic heterocycles. The van der Waals surface area contributed by atoms with Gasteiger partial charge in [-0.25, -0.2) is 13.1 Å². The third-order valence-electron chi connectivity index (χ3n) is 5.85. The van der Waals surface area contributed by atoms with Crippen LogP contribution >= 0.6 is 0 Å². The lowest BCUT2D eigenvalue weighted by molar-refractivity contribution is -0.137. The zero-order valence-corrected chi connectivity index (χ0v) is 21.6. The molecule has 0 radical (unpaired) electrons. The van der Waals surface area contributed by atoms with Gasteiger partial charge >= 0.3 is 6.18 Å². The van der Waals surface area contributed by atoms with Crippen molar-refractivity contribution in [2.45, 2.75) is 18.0 Å². The highest BCUT2D eigenvalue weighted by Crippen LogP contribution is 2.33. The lowest BCUT2D eigenvalue weighted by atomic mass is 9.94. The van der Waals surface area contributed by atoms with Crippen molar-refractivity contribution < 1.29 is 31.1 Å². The van der Waals surface area contributed by atoms with Gasteiger partial charge in [0.1, 0.15) is 12.4 Å². The van der Waals surface area contributed by atoms with Crippen molar-refractivity contribution in [3.05, 3.63) is 114 Å². The third-order valence-corrected chi connectivity index (χ3v) is 7.32. The summed E-state index contributed by atoms with van der Waals surface area (Å²) < 4.78 is 71.5. The first-order valence-electron chi connectivity index (χ1n) is 11.9. The summed E-state index contributed by atoms with van der Waals surface area (Å²) >= 11 is 0. The molecule has 0 atom stereocenters. The second-order valence-corrected chi connectivity index (χ2v) is 10.4. The minimum atomic E-state index is -4.45. The van der Waals surface area contributed by atoms with Crippen LogP contribution in [0.25, 0.3) is 11.1 Å². The molecule has 6 nitrogen and oxygen atoms in total. The molecule has 0 spiro atoms. The molecule has 1 amide bonds. The van der Waals surface area contributed by atoms with Crippen molar-refractivity contribution in [1.82, 2.24) is 4.72 Å². The number of carbonyl (C=O) groups is 1. The fourth-order valence-corrected chi connectivity index (χ4v) is 4.96. The molecule has 4 aromatic carbocycles. The normalized spacial score (nSPS) is 11.7. The van der Waals surface area contributed by atoms with Crippen LogP contribution in [-0.4, -0.2) is 27.5 Å². The first-order chi connectivity index (χ1) is 18.5. The van der Waals surface area contributed by atoms with Gasteiger partial charge in [-0.15, -0.1) is 0 Å². The molecule has 0 bridgehead atoms. The van der Waals surface area contributed by atoms with Gasteiger partial charge in [0.2, 0.25) is 10.0 Å². The van der Waals surface area contributed by atoms with Crippen molar-refractivity contribution >= 4 is 21.6 Å². The average Bonchev–Trinajstić information content (AvgIpc) is 2.92. The van der Waals surface area contributed by atoms with Crippen LogP contribution in [0, 0.1) is 6.92 Å². The number of aryl methyl sites for hydroxylation is 1. The van der Waals surface area contributed by atoms with Crippen LogP contribution in [0.15, 0.2) is 102 Å². The van der Waals surface area contributed by atoms with E-state index in [1.54, 1.807) is 67.6 Å². The monoisotopic (exact) mass is 554 g/mol. The number of halogens is 3. The van der Waals surface area contributed by atoms with E-state index < -0.39 is 27.7 Å². The molecule has 202 valence electrons. The van der Waals surface area contributed by atoms with Crippen molar-refractivity contribution in [3.63, 3.8) is 0 Å². The first kappa shape index (κ1) is 27.9. The Morgan fingerprint density at radius 1 is 0.846 bits per heavy atom. The van der Waals surface area contributed by atoms with Crippen LogP contribution in [0.3, 0.4) is 0 Å². The number of benzene rings is 4. The van der Waals surface area contributed by atoms with E-state index in [2.05, 4.69) is 10.0 Å². The van der Waals surface area contributed by atoms with Crippen LogP contribution < -0.4 is 14.8 Å². The summed E-state index contributed by atoms with van der Waals surface area (Å²) in [5.41, 5.74) is 1.83. The zero-order valence-electron chi connectivity index (χ0n) is 20.8. The summed E-state index contributed by atoms with van der Waals surface area (Å²) in [4.78, 5) is 13.3. The predicted octanol–water partition coefficient (Wildman–Crippen LogP) is 6.29. The molecule has 0 aromatic heterocycles. The number of hydrogen-bond acceptors (Lipinski definition) is 4. The molecule has 0 saturated heterocycles. The van der Waals surface area contributed by atoms with Crippen molar-refractivity contribution in [2.75, 3.05) is 18.5 Å². The van der Waals surface area contributed by atoms with Crippen molar-refractivity contribution in [2.24, 2.45) is 0 Å². The van der Waals surface area contributed by atoms with Crippen molar-refractivity contribution in [3.8, 4) is 16.9 Å². The maximum Gasteiger partial charge on any atom is 0.416 e. The zero-order chi connectivity index (χ0) is 28.0. The quantitative estimate of drug-likeness (QED) is 0.238. The van der Waals surface area contributed by atoms with E-state index in [4.69, 9.17) is 4.74 Å². The van der Waals surface area contributed by atoms with Crippen LogP contribution in [0.2, 0.25) is 0 Å². The largest absolute Gasteiger partial charge is 0.492 e. The number of nitrogens with one attached hydrogen (secondary N) is 2. The Bertz CT molecular complexity index is 1540. The van der Waals surface area contributed by atoms with E-state index in [1.165, 1.54) is 24.3 Å². The molecule has 39 heavy (non-hydrogen) atoms. The molecule has 0 unspecified atom stereocenters. The van der Waals surface area contributed by atoms with Gasteiger partial charge in [0, 0.05) is 17.8 Å². The summed E-state index contributed by atoms with van der Waals surface area (Å²) in [6, 6.07) is 24.4. The number of ether oxygens (including phenoxy) is 1. The summed E-state index contributed by atoms with van der Waals surface area (Å²) in [7, 11) is -3.62. The maximum absolute atomic E-state index is 13.1. The van der Waals surface area contributed by atoms with E-state index in [0.717, 1.165) is 17.7 Å². The van der Waals surface area contributed by atoms with Gasteiger partial charge < -0.3 is 10.1 Å². The molecule has 2 N–H and O–H groups in total. The summed E-state index contributed by atoms with van der Waals surface area (Å²) in [6.07, 6.45) is -4.45. The van der Waals surface area contributed by atoms with Gasteiger partial charge in [0.15, 0.2) is 0 Å². The second-order valence-electron chi connectivity index (χ2n) is 8.61. The average molecular weight is 555 g/mol. The van der Waals surface area contributed by atoms with Crippen molar-refractivity contribution in [1.29, 1.82) is 0 Å². The molecule has 0 heterocycles. The van der Waals surface area contributed by atoms with E-state index in [-0.39, 0.29) is 18.0 Å². The van der Waals surface area contributed by atoms with Gasteiger partial charge in [0.05, 0.1) is 10.5 Å². The van der Waals surface area contributed by atoms with Crippen LogP contribution in [0.4, 0.5) is 18.9 Å². The summed E-state index contributed by atoms with van der Waals surface area (Å²) in [5, 5.41) is 2.80. The number of alkyl halides is 3. The second kappa shape index (κ2) is 11.7. The molecular formula is C29H25F3N2O4S. The predicted molar refractivity (Wildman–Crippen MR) is 143 cm³/mol. The Balaban J connectivity index is 1.38. The Labute approximate surface area is 224 Å². The first-order valence-corrected chi connectivity index (χ1v) is 13.4. The van der Waals surface area contributed by atoms with Crippen LogP contribution in [0.1, 0.15) is 21.5 Å². The number of amides is 1. The van der Waals surface area contributed by atoms with E-state index in [0.29, 0.717) is 28.1 Å². The number of carbonyl (C=O) groups excluding carboxylic acids is 1. The molecule has 4 rings (SSSR count). The SMILES string of the molecule is Cc1cccc(C(=O)Nc2ccc(OCCNS(=O)(=O)c3ccccc3)cc2)c1-c1ccc(C(F)(F)F)cc1. The number of anilines is 1. The Hall–Kier alpha value is -4.15. The Kier molecular flexibility index (Phi) is 8.37. The van der Waals surface area contributed by atoms with Crippen LogP contribution in [0.5, 0.6) is 5.75 Å². The molecule has 0 aliphatic rings. The topological polar surface area (TPSA) is 84.5 Å². The molecular weight excluding hydrogens is 529 g/mol. The minimum absolute atomic E-state index is 0.0653. The van der Waals surface area contributed by atoms with E-state index in [9.17, 15) is 26.4 Å². The minimum Gasteiger partial charge on any atom is -0.492 e. The molecule has 4 aromatic rings. The summed E-state index contributed by atoms with van der Waals surface area (Å²) in [5.74, 6) is 0.0606. The third kappa shape index (κ3) is 7.04. The molecule has 0 fully saturated rings. The molecule has 0 aliphatic carbocycles. The Morgan fingerprint density at radius 3 is 2.15 bits per heavy atom. The fraction of sp³-hybridized carbons (Fsp3) is 0.138. The standard InChI is InChI=1S/C29H25F3N2O4S/c1-20-6-5-9-26(27(20)21-10-12-22(13-11-21)29(30,31)32)28(35)34-23-14-16-24(17-15-23)38-19-18-33-39(36,37)25-7-3-2-4-8-25/h2-17,33H,18-19H2,1H3,(H,34,35). The van der Waals surface area contributed by atoms with Gasteiger partial charge in [-0.2, -0.15) is 13.2 Å². The van der Waals surface area contributed by atoms with Gasteiger partial charge in [-0.05, 0) is 78.2 Å². The van der Waals surface area contributed by atoms with E-state index >= 15 is 0 Å². The van der Waals surface area contributed by atoms with Gasteiger partial charge in [0.25, 0.3) is 5.91 Å². The highest BCUT2D eigenvalue weighted by atomic mass is 32.2. The fourth-order valence-electron chi connectivity index (χ4n) is 3.93. The number of rotatable bonds is 9. The molecule has 0 saturated carbocycles. The highest BCUT2D eigenvalue weighted by Gasteiger charge is 2.30. The number of hydrogen-bond donors (Lipinski definition) is 2. The maximum atomic E-state index is 13.1. The molecule has 10 heteroatoms. The smallest absolute Gasteiger partial charge is 0.416 e. The van der Waals surface area contributed by atoms with Gasteiger partial charge in [-0.3, -0.25) is 4.79 Å². The highest BCUT2D eigenvalue weighted by molar-refractivity contribution is 7.89. The number of sulfonamides is 1. The Morgan fingerprint density at radius 2 is 1.51 bits per heavy atom. The van der Waals surface area contributed by atoms with Crippen LogP contribution in [-0.2, 0) is 16.2 Å². The van der Waals surface area contributed by atoms with E-state index in [1.807, 2.05) is 0 Å².